The minimum absolute atomic E-state index is 0.222. The third-order valence-electron chi connectivity index (χ3n) is 5.45. The van der Waals surface area contributed by atoms with Crippen molar-refractivity contribution >= 4 is 0 Å². The third-order valence-corrected chi connectivity index (χ3v) is 5.45. The molecular formula is C17H35N3O. The van der Waals surface area contributed by atoms with E-state index >= 15 is 0 Å². The monoisotopic (exact) mass is 297 g/mol. The third kappa shape index (κ3) is 4.19. The van der Waals surface area contributed by atoms with Crippen LogP contribution in [0.4, 0.5) is 0 Å². The summed E-state index contributed by atoms with van der Waals surface area (Å²) in [6.45, 7) is 13.1. The Hall–Kier alpha value is -0.160. The fraction of sp³-hybridized carbons (Fsp3) is 1.00. The summed E-state index contributed by atoms with van der Waals surface area (Å²) in [4.78, 5) is 5.25. The highest BCUT2D eigenvalue weighted by molar-refractivity contribution is 4.98. The number of hydrogen-bond acceptors (Lipinski definition) is 4. The van der Waals surface area contributed by atoms with Gasteiger partial charge in [0.1, 0.15) is 0 Å². The highest BCUT2D eigenvalue weighted by atomic mass is 16.5. The number of rotatable bonds is 6. The Kier molecular flexibility index (Phi) is 6.48. The number of likely N-dealkylation sites (tertiary alicyclic amines) is 2. The smallest absolute Gasteiger partial charge is 0.0702 e. The summed E-state index contributed by atoms with van der Waals surface area (Å²) in [6.07, 6.45) is 6.43. The SMILES string of the molecule is CCCOC1CCCN(C2(CN)CCN(C(C)C)CC2)C1. The van der Waals surface area contributed by atoms with Gasteiger partial charge in [-0.15, -0.1) is 0 Å². The summed E-state index contributed by atoms with van der Waals surface area (Å²) in [5.74, 6) is 0. The number of piperidine rings is 2. The van der Waals surface area contributed by atoms with Gasteiger partial charge in [-0.05, 0) is 52.5 Å². The Bertz CT molecular complexity index is 300. The van der Waals surface area contributed by atoms with Crippen LogP contribution in [-0.4, -0.2) is 66.8 Å². The molecule has 21 heavy (non-hydrogen) atoms. The molecule has 0 aromatic carbocycles. The zero-order chi connectivity index (χ0) is 15.3. The summed E-state index contributed by atoms with van der Waals surface area (Å²) < 4.78 is 6.01. The van der Waals surface area contributed by atoms with E-state index in [1.807, 2.05) is 0 Å². The molecule has 124 valence electrons. The molecule has 0 aromatic rings. The van der Waals surface area contributed by atoms with E-state index in [1.54, 1.807) is 0 Å². The first kappa shape index (κ1) is 17.2. The lowest BCUT2D eigenvalue weighted by Crippen LogP contribution is -2.62. The molecule has 0 amide bonds. The zero-order valence-corrected chi connectivity index (χ0v) is 14.3. The molecule has 0 spiro atoms. The fourth-order valence-corrected chi connectivity index (χ4v) is 3.90. The van der Waals surface area contributed by atoms with E-state index in [2.05, 4.69) is 30.6 Å². The first-order valence-corrected chi connectivity index (χ1v) is 8.92. The van der Waals surface area contributed by atoms with Crippen LogP contribution in [0.2, 0.25) is 0 Å². The number of ether oxygens (including phenoxy) is 1. The molecule has 2 heterocycles. The quantitative estimate of drug-likeness (QED) is 0.815. The van der Waals surface area contributed by atoms with Crippen LogP contribution in [0.1, 0.15) is 52.9 Å². The van der Waals surface area contributed by atoms with Crippen LogP contribution < -0.4 is 5.73 Å². The highest BCUT2D eigenvalue weighted by Gasteiger charge is 2.41. The number of hydrogen-bond donors (Lipinski definition) is 1. The predicted octanol–water partition coefficient (Wildman–Crippen LogP) is 2.08. The van der Waals surface area contributed by atoms with Crippen LogP contribution in [0.5, 0.6) is 0 Å². The summed E-state index contributed by atoms with van der Waals surface area (Å²) in [7, 11) is 0. The number of nitrogens with two attached hydrogens (primary N) is 1. The molecule has 1 unspecified atom stereocenters. The second kappa shape index (κ2) is 7.91. The largest absolute Gasteiger partial charge is 0.377 e. The van der Waals surface area contributed by atoms with Crippen molar-refractivity contribution in [3.8, 4) is 0 Å². The van der Waals surface area contributed by atoms with E-state index in [1.165, 1.54) is 45.3 Å². The predicted molar refractivity (Wildman–Crippen MR) is 88.6 cm³/mol. The fourth-order valence-electron chi connectivity index (χ4n) is 3.90. The topological polar surface area (TPSA) is 41.7 Å². The van der Waals surface area contributed by atoms with Gasteiger partial charge in [-0.1, -0.05) is 6.92 Å². The molecule has 2 rings (SSSR count). The molecule has 0 bridgehead atoms. The van der Waals surface area contributed by atoms with E-state index in [4.69, 9.17) is 10.5 Å². The van der Waals surface area contributed by atoms with Gasteiger partial charge in [0.05, 0.1) is 6.10 Å². The Morgan fingerprint density at radius 2 is 1.95 bits per heavy atom. The summed E-state index contributed by atoms with van der Waals surface area (Å²) >= 11 is 0. The Balaban J connectivity index is 1.94. The molecule has 0 saturated carbocycles. The zero-order valence-electron chi connectivity index (χ0n) is 14.3. The standard InChI is InChI=1S/C17H35N3O/c1-4-12-21-16-6-5-9-20(13-16)17(14-18)7-10-19(11-8-17)15(2)3/h15-16H,4-14,18H2,1-3H3. The Labute approximate surface area is 131 Å². The Morgan fingerprint density at radius 3 is 2.52 bits per heavy atom. The molecule has 0 aliphatic carbocycles. The minimum Gasteiger partial charge on any atom is -0.377 e. The number of nitrogens with zero attached hydrogens (tertiary/aromatic N) is 2. The maximum atomic E-state index is 6.24. The molecule has 0 radical (unpaired) electrons. The van der Waals surface area contributed by atoms with Crippen LogP contribution in [0, 0.1) is 0 Å². The van der Waals surface area contributed by atoms with E-state index in [-0.39, 0.29) is 5.54 Å². The lowest BCUT2D eigenvalue weighted by Gasteiger charge is -2.51. The second-order valence-electron chi connectivity index (χ2n) is 7.14. The van der Waals surface area contributed by atoms with E-state index in [9.17, 15) is 0 Å². The first-order chi connectivity index (χ1) is 10.1. The van der Waals surface area contributed by atoms with E-state index < -0.39 is 0 Å². The second-order valence-corrected chi connectivity index (χ2v) is 7.14. The van der Waals surface area contributed by atoms with E-state index in [0.29, 0.717) is 12.1 Å². The lowest BCUT2D eigenvalue weighted by atomic mass is 9.83. The van der Waals surface area contributed by atoms with Crippen LogP contribution in [0.3, 0.4) is 0 Å². The molecule has 2 fully saturated rings. The Morgan fingerprint density at radius 1 is 1.24 bits per heavy atom. The van der Waals surface area contributed by atoms with Gasteiger partial charge < -0.3 is 15.4 Å². The van der Waals surface area contributed by atoms with Crippen molar-refractivity contribution in [2.24, 2.45) is 5.73 Å². The first-order valence-electron chi connectivity index (χ1n) is 8.92. The van der Waals surface area contributed by atoms with Gasteiger partial charge in [0.25, 0.3) is 0 Å². The average molecular weight is 297 g/mol. The summed E-state index contributed by atoms with van der Waals surface area (Å²) in [5.41, 5.74) is 6.46. The summed E-state index contributed by atoms with van der Waals surface area (Å²) in [5, 5.41) is 0. The van der Waals surface area contributed by atoms with Crippen LogP contribution in [0.15, 0.2) is 0 Å². The average Bonchev–Trinajstić information content (AvgIpc) is 2.53. The normalized spacial score (nSPS) is 28.1. The van der Waals surface area contributed by atoms with Crippen molar-refractivity contribution in [1.82, 2.24) is 9.80 Å². The van der Waals surface area contributed by atoms with Crippen molar-refractivity contribution in [2.75, 3.05) is 39.3 Å². The maximum absolute atomic E-state index is 6.24. The van der Waals surface area contributed by atoms with Crippen molar-refractivity contribution in [1.29, 1.82) is 0 Å². The van der Waals surface area contributed by atoms with Gasteiger partial charge in [0.15, 0.2) is 0 Å². The van der Waals surface area contributed by atoms with Crippen LogP contribution in [-0.2, 0) is 4.74 Å². The van der Waals surface area contributed by atoms with Gasteiger partial charge in [-0.3, -0.25) is 4.90 Å². The highest BCUT2D eigenvalue weighted by Crippen LogP contribution is 2.32. The molecule has 0 aromatic heterocycles. The van der Waals surface area contributed by atoms with Gasteiger partial charge in [0, 0.05) is 44.4 Å². The van der Waals surface area contributed by atoms with Crippen LogP contribution >= 0.6 is 0 Å². The van der Waals surface area contributed by atoms with Crippen molar-refractivity contribution in [3.63, 3.8) is 0 Å². The van der Waals surface area contributed by atoms with Crippen LogP contribution in [0.25, 0.3) is 0 Å². The molecule has 2 aliphatic heterocycles. The molecule has 1 atom stereocenters. The minimum atomic E-state index is 0.222. The maximum Gasteiger partial charge on any atom is 0.0702 e. The van der Waals surface area contributed by atoms with Gasteiger partial charge in [-0.25, -0.2) is 0 Å². The molecule has 2 saturated heterocycles. The lowest BCUT2D eigenvalue weighted by molar-refractivity contribution is -0.0561. The van der Waals surface area contributed by atoms with Gasteiger partial charge in [-0.2, -0.15) is 0 Å². The molecule has 2 aliphatic rings. The van der Waals surface area contributed by atoms with Gasteiger partial charge in [0.2, 0.25) is 0 Å². The molecule has 4 heteroatoms. The molecular weight excluding hydrogens is 262 g/mol. The van der Waals surface area contributed by atoms with E-state index in [0.717, 1.165) is 26.1 Å². The van der Waals surface area contributed by atoms with Crippen molar-refractivity contribution in [2.45, 2.75) is 70.6 Å². The van der Waals surface area contributed by atoms with Crippen molar-refractivity contribution < 1.29 is 4.74 Å². The van der Waals surface area contributed by atoms with Gasteiger partial charge >= 0.3 is 0 Å². The molecule has 2 N–H and O–H groups in total. The van der Waals surface area contributed by atoms with Crippen molar-refractivity contribution in [3.05, 3.63) is 0 Å². The molecule has 4 nitrogen and oxygen atoms in total. The summed E-state index contributed by atoms with van der Waals surface area (Å²) in [6, 6.07) is 0.655.